The Morgan fingerprint density at radius 3 is 1.88 bits per heavy atom. The van der Waals surface area contributed by atoms with Crippen molar-refractivity contribution >= 4 is 57.0 Å². The molecule has 10 heteroatoms. The van der Waals surface area contributed by atoms with Gasteiger partial charge in [0.2, 0.25) is 0 Å². The van der Waals surface area contributed by atoms with E-state index in [9.17, 15) is 14.4 Å². The van der Waals surface area contributed by atoms with Crippen LogP contribution in [0.25, 0.3) is 0 Å². The molecule has 0 rings (SSSR count). The fraction of sp³-hybridized carbons (Fsp3) is 0.750. The fourth-order valence-electron chi connectivity index (χ4n) is 1.42. The number of rotatable bonds is 15. The normalized spacial score (nSPS) is 10.4. The first-order valence-electron chi connectivity index (χ1n) is 8.21. The molecule has 0 heterocycles. The summed E-state index contributed by atoms with van der Waals surface area (Å²) in [5.74, 6) is 0.326. The Balaban J connectivity index is 3.33. The highest BCUT2D eigenvalue weighted by atomic mass is 32.2. The molecule has 0 saturated heterocycles. The van der Waals surface area contributed by atoms with Gasteiger partial charge in [-0.3, -0.25) is 9.59 Å². The largest absolute Gasteiger partial charge is 0.463 e. The van der Waals surface area contributed by atoms with Crippen molar-refractivity contribution < 1.29 is 33.3 Å². The molecule has 0 aliphatic carbocycles. The number of thiocarbonyl (C=S) groups is 1. The molecule has 0 atom stereocenters. The van der Waals surface area contributed by atoms with Gasteiger partial charge in [-0.05, 0) is 12.7 Å². The van der Waals surface area contributed by atoms with Crippen LogP contribution >= 0.6 is 35.7 Å². The van der Waals surface area contributed by atoms with Gasteiger partial charge in [0.1, 0.15) is 22.5 Å². The summed E-state index contributed by atoms with van der Waals surface area (Å²) in [5.41, 5.74) is 0. The summed E-state index contributed by atoms with van der Waals surface area (Å²) in [6.07, 6.45) is 0.292. The highest BCUT2D eigenvalue weighted by Crippen LogP contribution is 2.16. The zero-order chi connectivity index (χ0) is 19.6. The van der Waals surface area contributed by atoms with E-state index in [-0.39, 0.29) is 56.8 Å². The van der Waals surface area contributed by atoms with E-state index >= 15 is 0 Å². The molecule has 26 heavy (non-hydrogen) atoms. The zero-order valence-electron chi connectivity index (χ0n) is 15.2. The minimum atomic E-state index is -0.408. The number of hydrogen-bond donors (Lipinski definition) is 0. The summed E-state index contributed by atoms with van der Waals surface area (Å²) in [6.45, 7) is 4.99. The Morgan fingerprint density at radius 2 is 1.35 bits per heavy atom. The summed E-state index contributed by atoms with van der Waals surface area (Å²) in [5, 5.41) is 0. The number of carbonyl (C=O) groups is 3. The van der Waals surface area contributed by atoms with Crippen LogP contribution in [-0.4, -0.2) is 72.4 Å². The second-order valence-electron chi connectivity index (χ2n) is 4.84. The average Bonchev–Trinajstić information content (AvgIpc) is 2.60. The molecule has 0 aromatic heterocycles. The van der Waals surface area contributed by atoms with Crippen molar-refractivity contribution in [2.24, 2.45) is 0 Å². The lowest BCUT2D eigenvalue weighted by molar-refractivity contribution is -0.146. The van der Waals surface area contributed by atoms with Crippen molar-refractivity contribution in [1.82, 2.24) is 0 Å². The van der Waals surface area contributed by atoms with E-state index < -0.39 is 5.97 Å². The van der Waals surface area contributed by atoms with Crippen LogP contribution in [0.4, 0.5) is 0 Å². The monoisotopic (exact) mass is 426 g/mol. The molecule has 7 nitrogen and oxygen atoms in total. The molecule has 0 spiro atoms. The van der Waals surface area contributed by atoms with Gasteiger partial charge in [0.25, 0.3) is 0 Å². The first-order chi connectivity index (χ1) is 12.5. The molecule has 0 aromatic carbocycles. The summed E-state index contributed by atoms with van der Waals surface area (Å²) in [6, 6.07) is 0. The van der Waals surface area contributed by atoms with Crippen molar-refractivity contribution in [1.29, 1.82) is 0 Å². The number of Topliss-reactive ketones (excluding diaryl/α,β-unsaturated/α-hetero) is 1. The van der Waals surface area contributed by atoms with Gasteiger partial charge < -0.3 is 23.7 Å². The van der Waals surface area contributed by atoms with Crippen molar-refractivity contribution in [3.8, 4) is 0 Å². The SMILES string of the molecule is CCSC(=S)SCC(=O)OCCOCCOCCOC(=O)CCC(C)=O. The summed E-state index contributed by atoms with van der Waals surface area (Å²) < 4.78 is 21.1. The zero-order valence-corrected chi connectivity index (χ0v) is 17.6. The Labute approximate surface area is 168 Å². The predicted octanol–water partition coefficient (Wildman–Crippen LogP) is 2.25. The Kier molecular flexibility index (Phi) is 17.3. The third-order valence-corrected chi connectivity index (χ3v) is 5.16. The van der Waals surface area contributed by atoms with Crippen LogP contribution in [0.3, 0.4) is 0 Å². The van der Waals surface area contributed by atoms with Crippen molar-refractivity contribution in [2.75, 3.05) is 51.1 Å². The molecule has 0 unspecified atom stereocenters. The van der Waals surface area contributed by atoms with Gasteiger partial charge in [0, 0.05) is 6.42 Å². The minimum absolute atomic E-state index is 0.0428. The number of carbonyl (C=O) groups excluding carboxylic acids is 3. The molecule has 150 valence electrons. The predicted molar refractivity (Wildman–Crippen MR) is 107 cm³/mol. The van der Waals surface area contributed by atoms with Gasteiger partial charge in [-0.15, -0.1) is 11.8 Å². The summed E-state index contributed by atoms with van der Waals surface area (Å²) in [7, 11) is 0. The van der Waals surface area contributed by atoms with E-state index in [4.69, 9.17) is 31.2 Å². The standard InChI is InChI=1S/C16H26O7S3/c1-3-25-16(24)26-12-15(19)23-11-9-21-7-6-20-8-10-22-14(18)5-4-13(2)17/h3-12H2,1-2H3. The van der Waals surface area contributed by atoms with Crippen LogP contribution in [0.15, 0.2) is 0 Å². The maximum atomic E-state index is 11.4. The first kappa shape index (κ1) is 25.3. The van der Waals surface area contributed by atoms with Crippen LogP contribution in [-0.2, 0) is 33.3 Å². The van der Waals surface area contributed by atoms with Gasteiger partial charge in [-0.1, -0.05) is 30.9 Å². The molecular formula is C16H26O7S3. The number of hydrogen-bond acceptors (Lipinski definition) is 10. The fourth-order valence-corrected chi connectivity index (χ4v) is 3.37. The van der Waals surface area contributed by atoms with Gasteiger partial charge >= 0.3 is 11.9 Å². The van der Waals surface area contributed by atoms with E-state index in [0.717, 1.165) is 9.28 Å². The summed E-state index contributed by atoms with van der Waals surface area (Å²) >= 11 is 7.89. The van der Waals surface area contributed by atoms with Crippen LogP contribution in [0.5, 0.6) is 0 Å². The lowest BCUT2D eigenvalue weighted by atomic mass is 10.2. The smallest absolute Gasteiger partial charge is 0.316 e. The second-order valence-corrected chi connectivity index (χ2v) is 8.28. The topological polar surface area (TPSA) is 88.1 Å². The number of ketones is 1. The molecule has 0 fully saturated rings. The summed E-state index contributed by atoms with van der Waals surface area (Å²) in [4.78, 5) is 33.4. The molecule has 0 aliphatic rings. The molecule has 0 aliphatic heterocycles. The minimum Gasteiger partial charge on any atom is -0.463 e. The van der Waals surface area contributed by atoms with E-state index in [0.29, 0.717) is 13.2 Å². The second kappa shape index (κ2) is 17.7. The van der Waals surface area contributed by atoms with Crippen LogP contribution in [0.2, 0.25) is 0 Å². The van der Waals surface area contributed by atoms with Gasteiger partial charge in [0.05, 0.1) is 38.6 Å². The third kappa shape index (κ3) is 18.1. The number of ether oxygens (including phenoxy) is 4. The van der Waals surface area contributed by atoms with Crippen LogP contribution < -0.4 is 0 Å². The highest BCUT2D eigenvalue weighted by molar-refractivity contribution is 8.47. The van der Waals surface area contributed by atoms with E-state index in [1.807, 2.05) is 6.92 Å². The Hall–Kier alpha value is -0.680. The van der Waals surface area contributed by atoms with Crippen molar-refractivity contribution in [2.45, 2.75) is 26.7 Å². The average molecular weight is 427 g/mol. The first-order valence-corrected chi connectivity index (χ1v) is 10.6. The molecule has 0 saturated carbocycles. The lowest BCUT2D eigenvalue weighted by Gasteiger charge is -2.07. The quantitative estimate of drug-likeness (QED) is 0.221. The van der Waals surface area contributed by atoms with E-state index in [2.05, 4.69) is 0 Å². The van der Waals surface area contributed by atoms with E-state index in [1.165, 1.54) is 30.4 Å². The van der Waals surface area contributed by atoms with Gasteiger partial charge in [-0.25, -0.2) is 0 Å². The molecular weight excluding hydrogens is 400 g/mol. The van der Waals surface area contributed by atoms with Crippen LogP contribution in [0, 0.1) is 0 Å². The number of esters is 2. The lowest BCUT2D eigenvalue weighted by Crippen LogP contribution is -2.16. The molecule has 0 aromatic rings. The third-order valence-electron chi connectivity index (χ3n) is 2.60. The molecule has 0 bridgehead atoms. The number of thioether (sulfide) groups is 2. The van der Waals surface area contributed by atoms with Crippen molar-refractivity contribution in [3.05, 3.63) is 0 Å². The Morgan fingerprint density at radius 1 is 0.808 bits per heavy atom. The molecule has 0 N–H and O–H groups in total. The van der Waals surface area contributed by atoms with E-state index in [1.54, 1.807) is 0 Å². The maximum Gasteiger partial charge on any atom is 0.316 e. The van der Waals surface area contributed by atoms with Gasteiger partial charge in [0.15, 0.2) is 0 Å². The van der Waals surface area contributed by atoms with Gasteiger partial charge in [-0.2, -0.15) is 0 Å². The molecule has 0 amide bonds. The van der Waals surface area contributed by atoms with Crippen LogP contribution in [0.1, 0.15) is 26.7 Å². The Bertz CT molecular complexity index is 444. The van der Waals surface area contributed by atoms with Crippen molar-refractivity contribution in [3.63, 3.8) is 0 Å². The molecule has 0 radical (unpaired) electrons. The highest BCUT2D eigenvalue weighted by Gasteiger charge is 2.06. The maximum absolute atomic E-state index is 11.4.